The van der Waals surface area contributed by atoms with Crippen molar-refractivity contribution in [1.82, 2.24) is 0 Å². The summed E-state index contributed by atoms with van der Waals surface area (Å²) in [4.78, 5) is 10.8. The first-order chi connectivity index (χ1) is 8.24. The summed E-state index contributed by atoms with van der Waals surface area (Å²) in [5.74, 6) is 0.445. The monoisotopic (exact) mass is 234 g/mol. The van der Waals surface area contributed by atoms with E-state index in [4.69, 9.17) is 0 Å². The van der Waals surface area contributed by atoms with Crippen LogP contribution in [0.5, 0.6) is 0 Å². The zero-order valence-electron chi connectivity index (χ0n) is 10.8. The predicted molar refractivity (Wildman–Crippen MR) is 70.6 cm³/mol. The van der Waals surface area contributed by atoms with Crippen LogP contribution in [0.3, 0.4) is 0 Å². The van der Waals surface area contributed by atoms with Gasteiger partial charge in [-0.1, -0.05) is 49.1 Å². The molecule has 1 rings (SSSR count). The number of esters is 1. The molecule has 0 aromatic heterocycles. The van der Waals surface area contributed by atoms with Crippen molar-refractivity contribution >= 4 is 5.97 Å². The van der Waals surface area contributed by atoms with Crippen LogP contribution in [0.25, 0.3) is 0 Å². The number of hydrogen-bond donors (Lipinski definition) is 0. The Balaban J connectivity index is 2.38. The van der Waals surface area contributed by atoms with Crippen LogP contribution in [-0.2, 0) is 9.53 Å². The molecular weight excluding hydrogens is 212 g/mol. The molecule has 0 radical (unpaired) electrons. The van der Waals surface area contributed by atoms with E-state index in [-0.39, 0.29) is 5.97 Å². The van der Waals surface area contributed by atoms with Gasteiger partial charge in [0.2, 0.25) is 0 Å². The van der Waals surface area contributed by atoms with Gasteiger partial charge in [-0.05, 0) is 25.7 Å². The van der Waals surface area contributed by atoms with Gasteiger partial charge in [-0.25, -0.2) is 4.79 Å². The van der Waals surface area contributed by atoms with E-state index in [1.807, 2.05) is 12.2 Å². The van der Waals surface area contributed by atoms with Crippen molar-refractivity contribution in [3.63, 3.8) is 0 Å². The van der Waals surface area contributed by atoms with Gasteiger partial charge in [-0.3, -0.25) is 0 Å². The molecule has 1 aliphatic rings. The summed E-state index contributed by atoms with van der Waals surface area (Å²) in [6.07, 6.45) is 15.9. The van der Waals surface area contributed by atoms with Crippen molar-refractivity contribution in [2.24, 2.45) is 5.92 Å². The summed E-state index contributed by atoms with van der Waals surface area (Å²) < 4.78 is 4.50. The molecule has 0 aromatic carbocycles. The van der Waals surface area contributed by atoms with E-state index in [0.29, 0.717) is 0 Å². The smallest absolute Gasteiger partial charge is 0.330 e. The van der Waals surface area contributed by atoms with Gasteiger partial charge in [0.15, 0.2) is 0 Å². The van der Waals surface area contributed by atoms with E-state index >= 15 is 0 Å². The molecule has 0 amide bonds. The average Bonchev–Trinajstić information content (AvgIpc) is 2.38. The van der Waals surface area contributed by atoms with E-state index in [1.165, 1.54) is 50.9 Å². The second-order valence-electron chi connectivity index (χ2n) is 4.51. The van der Waals surface area contributed by atoms with Crippen molar-refractivity contribution in [2.75, 3.05) is 7.11 Å². The first-order valence-electron chi connectivity index (χ1n) is 6.33. The lowest BCUT2D eigenvalue weighted by molar-refractivity contribution is -0.134. The van der Waals surface area contributed by atoms with Gasteiger partial charge in [0.25, 0.3) is 0 Å². The summed E-state index contributed by atoms with van der Waals surface area (Å²) >= 11 is 0. The van der Waals surface area contributed by atoms with Gasteiger partial charge in [-0.15, -0.1) is 0 Å². The number of carbonyl (C=O) groups is 1. The standard InChI is InChI=1S/C15H22O2/c1-13(14-10-6-4-7-11-14)9-5-3-8-12-15(16)17-2/h3,5,8-9,12,14H,4,6-7,10-11H2,1-2H3/b5-3+,12-8+,13-9-. The van der Waals surface area contributed by atoms with Crippen LogP contribution in [0, 0.1) is 5.92 Å². The van der Waals surface area contributed by atoms with E-state index in [2.05, 4.69) is 17.7 Å². The van der Waals surface area contributed by atoms with Gasteiger partial charge in [-0.2, -0.15) is 0 Å². The maximum atomic E-state index is 10.8. The predicted octanol–water partition coefficient (Wildman–Crippen LogP) is 3.80. The Morgan fingerprint density at radius 2 is 1.82 bits per heavy atom. The van der Waals surface area contributed by atoms with Crippen molar-refractivity contribution in [1.29, 1.82) is 0 Å². The molecule has 0 saturated heterocycles. The highest BCUT2D eigenvalue weighted by atomic mass is 16.5. The van der Waals surface area contributed by atoms with Crippen LogP contribution in [0.2, 0.25) is 0 Å². The molecule has 94 valence electrons. The van der Waals surface area contributed by atoms with Gasteiger partial charge < -0.3 is 4.74 Å². The Morgan fingerprint density at radius 3 is 2.47 bits per heavy atom. The van der Waals surface area contributed by atoms with Gasteiger partial charge >= 0.3 is 5.97 Å². The molecule has 0 N–H and O–H groups in total. The highest BCUT2D eigenvalue weighted by Crippen LogP contribution is 2.29. The molecule has 0 atom stereocenters. The Labute approximate surface area is 104 Å². The molecule has 0 heterocycles. The lowest BCUT2D eigenvalue weighted by Gasteiger charge is -2.21. The van der Waals surface area contributed by atoms with Gasteiger partial charge in [0.1, 0.15) is 0 Å². The number of carbonyl (C=O) groups excluding carboxylic acids is 1. The Bertz CT molecular complexity index is 318. The average molecular weight is 234 g/mol. The largest absolute Gasteiger partial charge is 0.466 e. The van der Waals surface area contributed by atoms with E-state index in [9.17, 15) is 4.79 Å². The summed E-state index contributed by atoms with van der Waals surface area (Å²) in [6.45, 7) is 2.20. The van der Waals surface area contributed by atoms with Crippen LogP contribution in [0.1, 0.15) is 39.0 Å². The normalized spacial score (nSPS) is 19.1. The van der Waals surface area contributed by atoms with Crippen molar-refractivity contribution < 1.29 is 9.53 Å². The number of hydrogen-bond acceptors (Lipinski definition) is 2. The lowest BCUT2D eigenvalue weighted by atomic mass is 9.84. The highest BCUT2D eigenvalue weighted by Gasteiger charge is 2.13. The molecule has 1 fully saturated rings. The maximum absolute atomic E-state index is 10.8. The minimum atomic E-state index is -0.317. The van der Waals surface area contributed by atoms with Crippen LogP contribution in [-0.4, -0.2) is 13.1 Å². The number of methoxy groups -OCH3 is 1. The molecule has 0 aromatic rings. The zero-order valence-corrected chi connectivity index (χ0v) is 10.8. The Kier molecular flexibility index (Phi) is 6.38. The maximum Gasteiger partial charge on any atom is 0.330 e. The topological polar surface area (TPSA) is 26.3 Å². The number of rotatable bonds is 4. The minimum absolute atomic E-state index is 0.317. The molecule has 0 spiro atoms. The Morgan fingerprint density at radius 1 is 1.12 bits per heavy atom. The highest BCUT2D eigenvalue weighted by molar-refractivity contribution is 5.82. The summed E-state index contributed by atoms with van der Waals surface area (Å²) in [5, 5.41) is 0. The summed E-state index contributed by atoms with van der Waals surface area (Å²) in [5.41, 5.74) is 1.45. The fraction of sp³-hybridized carbons (Fsp3) is 0.533. The van der Waals surface area contributed by atoms with Crippen molar-refractivity contribution in [3.05, 3.63) is 36.0 Å². The number of ether oxygens (including phenoxy) is 1. The molecule has 0 aliphatic heterocycles. The molecule has 2 heteroatoms. The van der Waals surface area contributed by atoms with Crippen LogP contribution in [0.15, 0.2) is 36.0 Å². The molecule has 0 unspecified atom stereocenters. The third-order valence-corrected chi connectivity index (χ3v) is 3.26. The minimum Gasteiger partial charge on any atom is -0.466 e. The van der Waals surface area contributed by atoms with E-state index in [0.717, 1.165) is 5.92 Å². The third-order valence-electron chi connectivity index (χ3n) is 3.26. The van der Waals surface area contributed by atoms with E-state index < -0.39 is 0 Å². The third kappa shape index (κ3) is 5.53. The Hall–Kier alpha value is -1.31. The van der Waals surface area contributed by atoms with Crippen LogP contribution in [0.4, 0.5) is 0 Å². The summed E-state index contributed by atoms with van der Waals surface area (Å²) in [6, 6.07) is 0. The molecular formula is C15H22O2. The second-order valence-corrected chi connectivity index (χ2v) is 4.51. The van der Waals surface area contributed by atoms with Crippen molar-refractivity contribution in [2.45, 2.75) is 39.0 Å². The second kappa shape index (κ2) is 7.88. The molecule has 1 aliphatic carbocycles. The first kappa shape index (κ1) is 13.8. The fourth-order valence-corrected chi connectivity index (χ4v) is 2.17. The molecule has 0 bridgehead atoms. The lowest BCUT2D eigenvalue weighted by Crippen LogP contribution is -2.06. The van der Waals surface area contributed by atoms with Crippen molar-refractivity contribution in [3.8, 4) is 0 Å². The van der Waals surface area contributed by atoms with E-state index in [1.54, 1.807) is 6.08 Å². The zero-order chi connectivity index (χ0) is 12.5. The number of allylic oxidation sites excluding steroid dienone is 5. The van der Waals surface area contributed by atoms with Crippen LogP contribution >= 0.6 is 0 Å². The molecule has 2 nitrogen and oxygen atoms in total. The molecule has 17 heavy (non-hydrogen) atoms. The van der Waals surface area contributed by atoms with Gasteiger partial charge in [0, 0.05) is 6.08 Å². The van der Waals surface area contributed by atoms with Crippen LogP contribution < -0.4 is 0 Å². The fourth-order valence-electron chi connectivity index (χ4n) is 2.17. The molecule has 1 saturated carbocycles. The first-order valence-corrected chi connectivity index (χ1v) is 6.33. The van der Waals surface area contributed by atoms with Gasteiger partial charge in [0.05, 0.1) is 7.11 Å². The SMILES string of the molecule is COC(=O)/C=C/C=C/C=C(/C)C1CCCCC1. The summed E-state index contributed by atoms with van der Waals surface area (Å²) in [7, 11) is 1.38. The quantitative estimate of drug-likeness (QED) is 0.420.